The molecule has 0 saturated heterocycles. The molecule has 0 fully saturated rings. The van der Waals surface area contributed by atoms with E-state index in [-0.39, 0.29) is 63.8 Å². The van der Waals surface area contributed by atoms with Crippen LogP contribution in [0.3, 0.4) is 0 Å². The van der Waals surface area contributed by atoms with Crippen LogP contribution < -0.4 is 62.9 Å². The molecule has 3 rings (SSSR count). The van der Waals surface area contributed by atoms with Gasteiger partial charge in [0.1, 0.15) is 5.75 Å². The topological polar surface area (TPSA) is 26.3 Å². The van der Waals surface area contributed by atoms with Crippen LogP contribution in [0.2, 0.25) is 0 Å². The number of benzene rings is 3. The molecule has 0 spiro atoms. The Morgan fingerprint density at radius 2 is 1.60 bits per heavy atom. The minimum atomic E-state index is -1.03. The number of hydrogen-bond donors (Lipinski definition) is 0. The average molecular weight is 409 g/mol. The van der Waals surface area contributed by atoms with E-state index in [0.29, 0.717) is 16.9 Å². The van der Waals surface area contributed by atoms with E-state index >= 15 is 0 Å². The summed E-state index contributed by atoms with van der Waals surface area (Å²) in [7, 11) is 0. The molecule has 3 aromatic carbocycles. The molecule has 3 aromatic rings. The number of esters is 1. The Labute approximate surface area is 193 Å². The van der Waals surface area contributed by atoms with Crippen molar-refractivity contribution in [2.45, 2.75) is 6.92 Å². The maximum atomic E-state index is 13.8. The van der Waals surface area contributed by atoms with E-state index in [1.165, 1.54) is 24.3 Å². The largest absolute Gasteiger partial charge is 1.00 e. The number of carbonyl (C=O) groups is 1. The maximum absolute atomic E-state index is 13.8. The van der Waals surface area contributed by atoms with E-state index < -0.39 is 17.6 Å². The van der Waals surface area contributed by atoms with Gasteiger partial charge in [-0.1, -0.05) is 35.4 Å². The molecule has 0 bridgehead atoms. The molecule has 2 nitrogen and oxygen atoms in total. The fraction of sp³-hybridized carbons (Fsp3) is 0.0500. The van der Waals surface area contributed by atoms with Gasteiger partial charge in [0.25, 0.3) is 0 Å². The van der Waals surface area contributed by atoms with E-state index in [2.05, 4.69) is 6.07 Å². The molecule has 0 heterocycles. The molecule has 0 unspecified atom stereocenters. The van der Waals surface area contributed by atoms with Gasteiger partial charge in [0.05, 0.1) is 11.4 Å². The second-order valence-corrected chi connectivity index (χ2v) is 5.30. The molecule has 5 heteroatoms. The number of aryl methyl sites for hydroxylation is 1. The summed E-state index contributed by atoms with van der Waals surface area (Å²) in [4.78, 5) is 12.0. The molecule has 25 heavy (non-hydrogen) atoms. The first-order valence-electron chi connectivity index (χ1n) is 7.29. The van der Waals surface area contributed by atoms with E-state index in [1.54, 1.807) is 24.3 Å². The molecule has 0 aromatic heterocycles. The van der Waals surface area contributed by atoms with E-state index in [1.807, 2.05) is 19.1 Å². The average Bonchev–Trinajstić information content (AvgIpc) is 2.59. The molecule has 0 aliphatic heterocycles. The summed E-state index contributed by atoms with van der Waals surface area (Å²) >= 11 is 0. The molecular formula is C20H13F2O2Rb. The van der Waals surface area contributed by atoms with Crippen LogP contribution >= 0.6 is 0 Å². The van der Waals surface area contributed by atoms with Crippen LogP contribution in [0, 0.1) is 24.6 Å². The number of halogens is 2. The van der Waals surface area contributed by atoms with Crippen molar-refractivity contribution >= 4 is 5.97 Å². The quantitative estimate of drug-likeness (QED) is 0.376. The SMILES string of the molecule is Cc1ccc(C(=O)Oc2ccc(-c3cc[c-]c(F)c3F)cc2)cc1.[Rb+]. The van der Waals surface area contributed by atoms with Gasteiger partial charge in [0.15, 0.2) is 0 Å². The van der Waals surface area contributed by atoms with Gasteiger partial charge in [-0.15, -0.1) is 6.07 Å². The molecule has 0 N–H and O–H groups in total. The molecular weight excluding hydrogens is 396 g/mol. The predicted octanol–water partition coefficient (Wildman–Crippen LogP) is 1.96. The van der Waals surface area contributed by atoms with Gasteiger partial charge in [-0.25, -0.2) is 9.18 Å². The third kappa shape index (κ3) is 4.91. The van der Waals surface area contributed by atoms with Crippen LogP contribution in [0.1, 0.15) is 15.9 Å². The van der Waals surface area contributed by atoms with E-state index in [9.17, 15) is 13.6 Å². The Morgan fingerprint density at radius 3 is 2.24 bits per heavy atom. The third-order valence-corrected chi connectivity index (χ3v) is 3.55. The number of rotatable bonds is 3. The summed E-state index contributed by atoms with van der Waals surface area (Å²) in [5.74, 6) is -2.13. The Hall–Kier alpha value is -1.20. The van der Waals surface area contributed by atoms with Crippen LogP contribution in [0.4, 0.5) is 8.78 Å². The zero-order chi connectivity index (χ0) is 17.1. The van der Waals surface area contributed by atoms with Crippen molar-refractivity contribution in [2.75, 3.05) is 0 Å². The van der Waals surface area contributed by atoms with Crippen LogP contribution in [0.15, 0.2) is 60.7 Å². The second-order valence-electron chi connectivity index (χ2n) is 5.30. The summed E-state index contributed by atoms with van der Waals surface area (Å²) in [6, 6.07) is 18.1. The fourth-order valence-corrected chi connectivity index (χ4v) is 2.23. The number of hydrogen-bond acceptors (Lipinski definition) is 2. The monoisotopic (exact) mass is 408 g/mol. The summed E-state index contributed by atoms with van der Waals surface area (Å²) < 4.78 is 32.3. The molecule has 0 atom stereocenters. The molecule has 0 radical (unpaired) electrons. The van der Waals surface area contributed by atoms with Crippen molar-refractivity contribution in [2.24, 2.45) is 0 Å². The normalized spacial score (nSPS) is 10.0. The van der Waals surface area contributed by atoms with Crippen molar-refractivity contribution in [3.05, 3.63) is 89.5 Å². The smallest absolute Gasteiger partial charge is 0.423 e. The zero-order valence-electron chi connectivity index (χ0n) is 13.8. The summed E-state index contributed by atoms with van der Waals surface area (Å²) in [5, 5.41) is 0. The summed E-state index contributed by atoms with van der Waals surface area (Å²) in [6.07, 6.45) is 0. The van der Waals surface area contributed by atoms with Gasteiger partial charge in [-0.05, 0) is 36.8 Å². The zero-order valence-corrected chi connectivity index (χ0v) is 18.8. The Balaban J connectivity index is 0.00000225. The maximum Gasteiger partial charge on any atom is 1.00 e. The van der Waals surface area contributed by atoms with Gasteiger partial charge in [-0.2, -0.15) is 12.1 Å². The van der Waals surface area contributed by atoms with E-state index in [0.717, 1.165) is 5.56 Å². The number of ether oxygens (including phenoxy) is 1. The first kappa shape index (κ1) is 20.1. The Morgan fingerprint density at radius 1 is 0.960 bits per heavy atom. The Bertz CT molecular complexity index is 875. The van der Waals surface area contributed by atoms with Gasteiger partial charge in [0, 0.05) is 5.82 Å². The van der Waals surface area contributed by atoms with Crippen molar-refractivity contribution in [1.29, 1.82) is 0 Å². The van der Waals surface area contributed by atoms with Crippen LogP contribution in [-0.4, -0.2) is 5.97 Å². The van der Waals surface area contributed by atoms with Crippen molar-refractivity contribution in [1.82, 2.24) is 0 Å². The van der Waals surface area contributed by atoms with Crippen LogP contribution in [0.25, 0.3) is 11.1 Å². The first-order valence-corrected chi connectivity index (χ1v) is 7.29. The van der Waals surface area contributed by atoms with Crippen LogP contribution in [0.5, 0.6) is 5.75 Å². The van der Waals surface area contributed by atoms with Crippen molar-refractivity contribution < 1.29 is 76.5 Å². The minimum absolute atomic E-state index is 0. The first-order chi connectivity index (χ1) is 11.5. The van der Waals surface area contributed by atoms with Gasteiger partial charge < -0.3 is 4.74 Å². The molecule has 120 valence electrons. The van der Waals surface area contributed by atoms with Crippen molar-refractivity contribution in [3.8, 4) is 16.9 Å². The molecule has 0 aliphatic rings. The van der Waals surface area contributed by atoms with E-state index in [4.69, 9.17) is 4.74 Å². The standard InChI is InChI=1S/C20H13F2O2.Rb/c1-13-5-7-15(8-6-13)20(23)24-16-11-9-14(10-12-16)17-3-2-4-18(21)19(17)22;/h2-3,5-12H,1H3;/q-1;+1. The van der Waals surface area contributed by atoms with Gasteiger partial charge in [0.2, 0.25) is 0 Å². The fourth-order valence-electron chi connectivity index (χ4n) is 2.23. The van der Waals surface area contributed by atoms with Crippen LogP contribution in [-0.2, 0) is 0 Å². The van der Waals surface area contributed by atoms with Gasteiger partial charge in [-0.3, -0.25) is 4.39 Å². The third-order valence-electron chi connectivity index (χ3n) is 3.55. The second kappa shape index (κ2) is 8.94. The summed E-state index contributed by atoms with van der Waals surface area (Å²) in [5.41, 5.74) is 2.10. The molecule has 0 saturated carbocycles. The predicted molar refractivity (Wildman–Crippen MR) is 86.8 cm³/mol. The Kier molecular flexibility index (Phi) is 7.19. The molecule has 0 amide bonds. The summed E-state index contributed by atoms with van der Waals surface area (Å²) in [6.45, 7) is 1.93. The minimum Gasteiger partial charge on any atom is -0.423 e. The number of carbonyl (C=O) groups excluding carboxylic acids is 1. The van der Waals surface area contributed by atoms with Crippen molar-refractivity contribution in [3.63, 3.8) is 0 Å². The molecule has 0 aliphatic carbocycles. The van der Waals surface area contributed by atoms with Gasteiger partial charge >= 0.3 is 64.2 Å².